The largest absolute Gasteiger partial charge is 0.496 e. The highest BCUT2D eigenvalue weighted by Gasteiger charge is 2.32. The second kappa shape index (κ2) is 5.77. The van der Waals surface area contributed by atoms with Gasteiger partial charge in [0.05, 0.1) is 7.11 Å². The van der Waals surface area contributed by atoms with Gasteiger partial charge >= 0.3 is 0 Å². The number of thiocarbonyl (C=S) groups is 1. The number of hydrogen-bond donors (Lipinski definition) is 0. The van der Waals surface area contributed by atoms with Crippen LogP contribution in [0.15, 0.2) is 42.2 Å². The number of hydrogen-bond acceptors (Lipinski definition) is 4. The lowest BCUT2D eigenvalue weighted by Gasteiger charge is -2.08. The van der Waals surface area contributed by atoms with E-state index in [1.807, 2.05) is 43.3 Å². The number of ether oxygens (including phenoxy) is 2. The van der Waals surface area contributed by atoms with Crippen LogP contribution in [0.4, 0.5) is 0 Å². The highest BCUT2D eigenvalue weighted by atomic mass is 32.1. The molecule has 1 heterocycles. The summed E-state index contributed by atoms with van der Waals surface area (Å²) in [5.41, 5.74) is 0.889. The van der Waals surface area contributed by atoms with E-state index < -0.39 is 0 Å². The van der Waals surface area contributed by atoms with Gasteiger partial charge in [0.25, 0.3) is 11.1 Å². The third-order valence-corrected chi connectivity index (χ3v) is 3.92. The van der Waals surface area contributed by atoms with E-state index in [2.05, 4.69) is 0 Å². The molecule has 0 atom stereocenters. The molecule has 4 nitrogen and oxygen atoms in total. The van der Waals surface area contributed by atoms with Gasteiger partial charge < -0.3 is 9.47 Å². The van der Waals surface area contributed by atoms with Crippen molar-refractivity contribution < 1.29 is 14.3 Å². The Morgan fingerprint density at radius 3 is 2.59 bits per heavy atom. The number of methoxy groups -OCH3 is 1. The number of fused-ring (bicyclic) bond motifs is 1. The molecule has 0 N–H and O–H groups in total. The lowest BCUT2D eigenvalue weighted by molar-refractivity contribution is -0.122. The van der Waals surface area contributed by atoms with E-state index in [0.717, 1.165) is 22.1 Å². The van der Waals surface area contributed by atoms with Crippen molar-refractivity contribution in [2.75, 3.05) is 13.7 Å². The fourth-order valence-corrected chi connectivity index (χ4v) is 2.81. The van der Waals surface area contributed by atoms with E-state index in [4.69, 9.17) is 21.7 Å². The Hall–Kier alpha value is -2.40. The molecule has 112 valence electrons. The Balaban J connectivity index is 2.11. The first kappa shape index (κ1) is 14.5. The molecule has 1 aliphatic rings. The fourth-order valence-electron chi connectivity index (χ4n) is 2.51. The van der Waals surface area contributed by atoms with Crippen LogP contribution >= 0.6 is 12.2 Å². The van der Waals surface area contributed by atoms with Crippen molar-refractivity contribution in [3.63, 3.8) is 0 Å². The van der Waals surface area contributed by atoms with Crippen molar-refractivity contribution in [3.8, 4) is 5.75 Å². The predicted octanol–water partition coefficient (Wildman–Crippen LogP) is 3.35. The molecule has 0 aliphatic carbocycles. The van der Waals surface area contributed by atoms with Crippen LogP contribution in [0.5, 0.6) is 5.75 Å². The van der Waals surface area contributed by atoms with Crippen molar-refractivity contribution in [2.45, 2.75) is 6.92 Å². The number of amides is 1. The molecular formula is C17H15NO3S. The molecule has 0 bridgehead atoms. The van der Waals surface area contributed by atoms with Gasteiger partial charge in [-0.05, 0) is 42.2 Å². The number of benzene rings is 2. The molecule has 3 rings (SSSR count). The number of likely N-dealkylation sites (N-methyl/N-ethyl adjacent to an activating group) is 1. The van der Waals surface area contributed by atoms with Gasteiger partial charge in [-0.1, -0.05) is 30.3 Å². The Morgan fingerprint density at radius 1 is 1.23 bits per heavy atom. The van der Waals surface area contributed by atoms with Gasteiger partial charge in [-0.25, -0.2) is 0 Å². The van der Waals surface area contributed by atoms with Crippen molar-refractivity contribution in [1.29, 1.82) is 0 Å². The molecule has 0 aromatic heterocycles. The molecule has 0 unspecified atom stereocenters. The summed E-state index contributed by atoms with van der Waals surface area (Å²) < 4.78 is 10.8. The average Bonchev–Trinajstić information content (AvgIpc) is 2.81. The molecule has 2 aromatic rings. The van der Waals surface area contributed by atoms with Gasteiger partial charge in [0, 0.05) is 11.9 Å². The van der Waals surface area contributed by atoms with Crippen LogP contribution in [0, 0.1) is 0 Å². The summed E-state index contributed by atoms with van der Waals surface area (Å²) in [6.45, 7) is 2.36. The number of rotatable bonds is 3. The van der Waals surface area contributed by atoms with Crippen LogP contribution in [0.2, 0.25) is 0 Å². The number of carbonyl (C=O) groups is 1. The van der Waals surface area contributed by atoms with Gasteiger partial charge in [0.1, 0.15) is 5.75 Å². The number of carbonyl (C=O) groups excluding carboxylic acids is 1. The van der Waals surface area contributed by atoms with Gasteiger partial charge in [0.15, 0.2) is 5.76 Å². The van der Waals surface area contributed by atoms with E-state index in [9.17, 15) is 4.79 Å². The van der Waals surface area contributed by atoms with E-state index in [1.54, 1.807) is 13.2 Å². The zero-order chi connectivity index (χ0) is 15.7. The van der Waals surface area contributed by atoms with Gasteiger partial charge in [-0.15, -0.1) is 0 Å². The SMILES string of the molecule is CCN1C(=O)/C(=C\c2ccc(OC)c3ccccc23)OC1=S. The van der Waals surface area contributed by atoms with Crippen molar-refractivity contribution >= 4 is 40.1 Å². The zero-order valence-electron chi connectivity index (χ0n) is 12.3. The zero-order valence-corrected chi connectivity index (χ0v) is 13.1. The van der Waals surface area contributed by atoms with Crippen LogP contribution in [0.3, 0.4) is 0 Å². The molecule has 22 heavy (non-hydrogen) atoms. The predicted molar refractivity (Wildman–Crippen MR) is 89.5 cm³/mol. The molecule has 1 amide bonds. The van der Waals surface area contributed by atoms with Gasteiger partial charge in [0.2, 0.25) is 0 Å². The summed E-state index contributed by atoms with van der Waals surface area (Å²) in [6.07, 6.45) is 1.73. The lowest BCUT2D eigenvalue weighted by atomic mass is 10.0. The topological polar surface area (TPSA) is 38.8 Å². The molecule has 1 saturated heterocycles. The molecule has 0 saturated carbocycles. The first-order chi connectivity index (χ1) is 10.7. The van der Waals surface area contributed by atoms with Gasteiger partial charge in [-0.3, -0.25) is 9.69 Å². The fraction of sp³-hybridized carbons (Fsp3) is 0.176. The molecule has 5 heteroatoms. The second-order valence-corrected chi connectivity index (χ2v) is 5.18. The Labute approximate surface area is 133 Å². The maximum atomic E-state index is 12.2. The summed E-state index contributed by atoms with van der Waals surface area (Å²) in [7, 11) is 1.64. The van der Waals surface area contributed by atoms with Crippen molar-refractivity contribution in [2.24, 2.45) is 0 Å². The Morgan fingerprint density at radius 2 is 1.95 bits per heavy atom. The molecular weight excluding hydrogens is 298 g/mol. The monoisotopic (exact) mass is 313 g/mol. The normalized spacial score (nSPS) is 16.5. The van der Waals surface area contributed by atoms with Crippen molar-refractivity contribution in [3.05, 3.63) is 47.7 Å². The minimum atomic E-state index is -0.201. The van der Waals surface area contributed by atoms with Crippen LogP contribution in [-0.2, 0) is 9.53 Å². The third kappa shape index (κ3) is 2.33. The van der Waals surface area contributed by atoms with Crippen LogP contribution in [-0.4, -0.2) is 29.6 Å². The van der Waals surface area contributed by atoms with Crippen LogP contribution in [0.25, 0.3) is 16.8 Å². The van der Waals surface area contributed by atoms with E-state index >= 15 is 0 Å². The first-order valence-electron chi connectivity index (χ1n) is 6.96. The van der Waals surface area contributed by atoms with E-state index in [0.29, 0.717) is 6.54 Å². The Kier molecular flexibility index (Phi) is 3.81. The lowest BCUT2D eigenvalue weighted by Crippen LogP contribution is -2.27. The van der Waals surface area contributed by atoms with Crippen LogP contribution in [0.1, 0.15) is 12.5 Å². The van der Waals surface area contributed by atoms with Gasteiger partial charge in [-0.2, -0.15) is 0 Å². The minimum Gasteiger partial charge on any atom is -0.496 e. The third-order valence-electron chi connectivity index (χ3n) is 3.61. The molecule has 2 aromatic carbocycles. The minimum absolute atomic E-state index is 0.201. The maximum Gasteiger partial charge on any atom is 0.297 e. The average molecular weight is 313 g/mol. The second-order valence-electron chi connectivity index (χ2n) is 4.83. The molecule has 1 aliphatic heterocycles. The Bertz CT molecular complexity index is 798. The summed E-state index contributed by atoms with van der Waals surface area (Å²) in [6, 6.07) is 11.7. The van der Waals surface area contributed by atoms with E-state index in [-0.39, 0.29) is 16.8 Å². The molecule has 0 radical (unpaired) electrons. The summed E-state index contributed by atoms with van der Waals surface area (Å²) >= 11 is 5.07. The standard InChI is InChI=1S/C17H15NO3S/c1-3-18-16(19)15(21-17(18)22)10-11-8-9-14(20-2)13-7-5-4-6-12(11)13/h4-10H,3H2,1-2H3/b15-10+. The summed E-state index contributed by atoms with van der Waals surface area (Å²) in [5, 5.41) is 2.18. The summed E-state index contributed by atoms with van der Waals surface area (Å²) in [5.74, 6) is 0.844. The number of nitrogens with zero attached hydrogens (tertiary/aromatic N) is 1. The smallest absolute Gasteiger partial charge is 0.297 e. The first-order valence-corrected chi connectivity index (χ1v) is 7.37. The highest BCUT2D eigenvalue weighted by molar-refractivity contribution is 7.80. The maximum absolute atomic E-state index is 12.2. The summed E-state index contributed by atoms with van der Waals surface area (Å²) in [4.78, 5) is 13.7. The molecule has 1 fully saturated rings. The quantitative estimate of drug-likeness (QED) is 0.643. The van der Waals surface area contributed by atoms with Crippen molar-refractivity contribution in [1.82, 2.24) is 4.90 Å². The highest BCUT2D eigenvalue weighted by Crippen LogP contribution is 2.30. The van der Waals surface area contributed by atoms with E-state index in [1.165, 1.54) is 4.90 Å². The van der Waals surface area contributed by atoms with Crippen LogP contribution < -0.4 is 4.74 Å². The molecule has 0 spiro atoms.